The molecule has 0 bridgehead atoms. The first-order valence-corrected chi connectivity index (χ1v) is 8.82. The van der Waals surface area contributed by atoms with Crippen molar-refractivity contribution in [3.8, 4) is 11.4 Å². The summed E-state index contributed by atoms with van der Waals surface area (Å²) in [6.45, 7) is 1.96. The second-order valence-corrected chi connectivity index (χ2v) is 6.38. The van der Waals surface area contributed by atoms with Gasteiger partial charge in [0.2, 0.25) is 5.82 Å². The van der Waals surface area contributed by atoms with Crippen LogP contribution in [0.25, 0.3) is 22.3 Å². The quantitative estimate of drug-likeness (QED) is 0.429. The molecule has 0 saturated carbocycles. The lowest BCUT2D eigenvalue weighted by Gasteiger charge is -1.99. The van der Waals surface area contributed by atoms with Crippen molar-refractivity contribution in [2.24, 2.45) is 12.1 Å². The van der Waals surface area contributed by atoms with Crippen LogP contribution in [0.5, 0.6) is 0 Å². The van der Waals surface area contributed by atoms with Crippen molar-refractivity contribution < 1.29 is 4.79 Å². The van der Waals surface area contributed by atoms with Crippen LogP contribution in [0, 0.1) is 6.92 Å². The summed E-state index contributed by atoms with van der Waals surface area (Å²) >= 11 is 0. The minimum absolute atomic E-state index is 0.0638. The van der Waals surface area contributed by atoms with E-state index >= 15 is 0 Å². The summed E-state index contributed by atoms with van der Waals surface area (Å²) in [5.74, 6) is 0.148. The fourth-order valence-corrected chi connectivity index (χ4v) is 3.06. The van der Waals surface area contributed by atoms with E-state index in [9.17, 15) is 4.79 Å². The number of para-hydroxylation sites is 1. The zero-order valence-corrected chi connectivity index (χ0v) is 15.6. The Labute approximate surface area is 161 Å². The molecule has 1 N–H and O–H groups in total. The van der Waals surface area contributed by atoms with E-state index in [1.54, 1.807) is 6.21 Å². The van der Waals surface area contributed by atoms with Crippen LogP contribution in [0.2, 0.25) is 0 Å². The second kappa shape index (κ2) is 7.43. The molecule has 140 valence electrons. The monoisotopic (exact) mass is 373 g/mol. The Hall–Kier alpha value is -3.81. The summed E-state index contributed by atoms with van der Waals surface area (Å²) in [7, 11) is 2.01. The van der Waals surface area contributed by atoms with Gasteiger partial charge in [-0.05, 0) is 18.2 Å². The molecule has 8 heteroatoms. The van der Waals surface area contributed by atoms with Crippen LogP contribution in [-0.2, 0) is 18.4 Å². The lowest BCUT2D eigenvalue weighted by molar-refractivity contribution is -0.122. The van der Waals surface area contributed by atoms with Gasteiger partial charge in [-0.2, -0.15) is 9.90 Å². The summed E-state index contributed by atoms with van der Waals surface area (Å²) in [4.78, 5) is 13.4. The molecule has 4 rings (SSSR count). The van der Waals surface area contributed by atoms with E-state index in [0.717, 1.165) is 27.7 Å². The van der Waals surface area contributed by atoms with Gasteiger partial charge in [-0.15, -0.1) is 10.2 Å². The van der Waals surface area contributed by atoms with Crippen molar-refractivity contribution in [3.63, 3.8) is 0 Å². The van der Waals surface area contributed by atoms with Gasteiger partial charge in [-0.25, -0.2) is 5.43 Å². The maximum atomic E-state index is 12.1. The number of amides is 1. The standard InChI is InChI=1S/C20H19N7O/c1-14-17(16-10-6-7-11-18(16)26(14)2)12-21-22-19(28)13-27-24-20(23-25-27)15-8-4-3-5-9-15/h3-12H,13H2,1-2H3,(H,22,28). The van der Waals surface area contributed by atoms with Crippen molar-refractivity contribution in [3.05, 3.63) is 65.9 Å². The lowest BCUT2D eigenvalue weighted by atomic mass is 10.1. The third-order valence-corrected chi connectivity index (χ3v) is 4.60. The Balaban J connectivity index is 1.43. The number of benzene rings is 2. The molecule has 0 saturated heterocycles. The number of hydrazone groups is 1. The molecular weight excluding hydrogens is 354 g/mol. The number of aromatic nitrogens is 5. The van der Waals surface area contributed by atoms with Crippen LogP contribution in [0.3, 0.4) is 0 Å². The highest BCUT2D eigenvalue weighted by atomic mass is 16.2. The summed E-state index contributed by atoms with van der Waals surface area (Å²) in [5.41, 5.74) is 6.54. The Morgan fingerprint density at radius 1 is 1.14 bits per heavy atom. The van der Waals surface area contributed by atoms with Gasteiger partial charge >= 0.3 is 0 Å². The number of nitrogens with one attached hydrogen (secondary N) is 1. The molecule has 0 spiro atoms. The molecule has 4 aromatic rings. The number of rotatable bonds is 5. The molecular formula is C20H19N7O. The molecule has 0 atom stereocenters. The van der Waals surface area contributed by atoms with Crippen LogP contribution in [0.4, 0.5) is 0 Å². The summed E-state index contributed by atoms with van der Waals surface area (Å²) in [6.07, 6.45) is 1.67. The smallest absolute Gasteiger partial charge is 0.263 e. The highest BCUT2D eigenvalue weighted by Crippen LogP contribution is 2.22. The number of carbonyl (C=O) groups excluding carboxylic acids is 1. The van der Waals surface area contributed by atoms with E-state index in [4.69, 9.17) is 0 Å². The van der Waals surface area contributed by atoms with Crippen molar-refractivity contribution in [2.75, 3.05) is 0 Å². The van der Waals surface area contributed by atoms with Crippen LogP contribution in [0.1, 0.15) is 11.3 Å². The minimum atomic E-state index is -0.328. The first-order valence-electron chi connectivity index (χ1n) is 8.82. The molecule has 2 aromatic heterocycles. The number of aryl methyl sites for hydroxylation is 1. The highest BCUT2D eigenvalue weighted by molar-refractivity contribution is 6.01. The lowest BCUT2D eigenvalue weighted by Crippen LogP contribution is -2.24. The van der Waals surface area contributed by atoms with Crippen LogP contribution in [0.15, 0.2) is 59.7 Å². The average molecular weight is 373 g/mol. The largest absolute Gasteiger partial charge is 0.347 e. The molecule has 0 aliphatic rings. The van der Waals surface area contributed by atoms with Gasteiger partial charge in [-0.1, -0.05) is 48.5 Å². The number of tetrazole rings is 1. The van der Waals surface area contributed by atoms with Crippen LogP contribution >= 0.6 is 0 Å². The zero-order valence-electron chi connectivity index (χ0n) is 15.6. The van der Waals surface area contributed by atoms with Gasteiger partial charge in [0, 0.05) is 34.8 Å². The van der Waals surface area contributed by atoms with Gasteiger partial charge < -0.3 is 4.57 Å². The molecule has 0 aliphatic heterocycles. The van der Waals surface area contributed by atoms with Gasteiger partial charge in [0.1, 0.15) is 6.54 Å². The van der Waals surface area contributed by atoms with Gasteiger partial charge in [0.05, 0.1) is 6.21 Å². The first kappa shape index (κ1) is 17.6. The highest BCUT2D eigenvalue weighted by Gasteiger charge is 2.10. The molecule has 0 radical (unpaired) electrons. The molecule has 0 fully saturated rings. The van der Waals surface area contributed by atoms with E-state index in [2.05, 4.69) is 36.6 Å². The summed E-state index contributed by atoms with van der Waals surface area (Å²) in [6, 6.07) is 17.6. The second-order valence-electron chi connectivity index (χ2n) is 6.38. The number of hydrogen-bond donors (Lipinski definition) is 1. The first-order chi connectivity index (χ1) is 13.6. The molecule has 2 heterocycles. The Morgan fingerprint density at radius 2 is 1.89 bits per heavy atom. The number of fused-ring (bicyclic) bond motifs is 1. The predicted octanol–water partition coefficient (Wildman–Crippen LogP) is 2.29. The zero-order chi connectivity index (χ0) is 19.5. The predicted molar refractivity (Wildman–Crippen MR) is 107 cm³/mol. The molecule has 8 nitrogen and oxygen atoms in total. The maximum absolute atomic E-state index is 12.1. The average Bonchev–Trinajstić information content (AvgIpc) is 3.28. The SMILES string of the molecule is Cc1c(C=NNC(=O)Cn2nnc(-c3ccccc3)n2)c2ccccc2n1C. The van der Waals surface area contributed by atoms with Crippen molar-refractivity contribution in [1.29, 1.82) is 0 Å². The Bertz CT molecular complexity index is 1160. The number of carbonyl (C=O) groups is 1. The summed E-state index contributed by atoms with van der Waals surface area (Å²) < 4.78 is 2.10. The molecule has 0 aliphatic carbocycles. The van der Waals surface area contributed by atoms with Crippen LogP contribution in [-0.4, -0.2) is 36.9 Å². The van der Waals surface area contributed by atoms with Gasteiger partial charge in [0.15, 0.2) is 0 Å². The van der Waals surface area contributed by atoms with Gasteiger partial charge in [-0.3, -0.25) is 4.79 Å². The third-order valence-electron chi connectivity index (χ3n) is 4.60. The fraction of sp³-hybridized carbons (Fsp3) is 0.150. The number of nitrogens with zero attached hydrogens (tertiary/aromatic N) is 6. The minimum Gasteiger partial charge on any atom is -0.347 e. The van der Waals surface area contributed by atoms with E-state index in [1.807, 2.05) is 62.5 Å². The van der Waals surface area contributed by atoms with Crippen molar-refractivity contribution in [1.82, 2.24) is 30.2 Å². The van der Waals surface area contributed by atoms with Crippen LogP contribution < -0.4 is 5.43 Å². The Kier molecular flexibility index (Phi) is 4.67. The maximum Gasteiger partial charge on any atom is 0.263 e. The topological polar surface area (TPSA) is 90.0 Å². The fourth-order valence-electron chi connectivity index (χ4n) is 3.06. The Morgan fingerprint density at radius 3 is 2.71 bits per heavy atom. The third kappa shape index (κ3) is 3.39. The van der Waals surface area contributed by atoms with E-state index < -0.39 is 0 Å². The van der Waals surface area contributed by atoms with E-state index in [-0.39, 0.29) is 12.5 Å². The summed E-state index contributed by atoms with van der Waals surface area (Å²) in [5, 5.41) is 17.3. The molecule has 2 aromatic carbocycles. The molecule has 1 amide bonds. The normalized spacial score (nSPS) is 11.4. The molecule has 0 unspecified atom stereocenters. The number of hydrogen-bond acceptors (Lipinski definition) is 5. The van der Waals surface area contributed by atoms with E-state index in [1.165, 1.54) is 4.80 Å². The molecule has 28 heavy (non-hydrogen) atoms. The van der Waals surface area contributed by atoms with Crippen molar-refractivity contribution in [2.45, 2.75) is 13.5 Å². The van der Waals surface area contributed by atoms with Crippen molar-refractivity contribution >= 4 is 23.0 Å². The van der Waals surface area contributed by atoms with Gasteiger partial charge in [0.25, 0.3) is 5.91 Å². The van der Waals surface area contributed by atoms with E-state index in [0.29, 0.717) is 5.82 Å².